The van der Waals surface area contributed by atoms with Gasteiger partial charge >= 0.3 is 29.6 Å². The van der Waals surface area contributed by atoms with Crippen molar-refractivity contribution >= 4 is 31.7 Å². The summed E-state index contributed by atoms with van der Waals surface area (Å²) < 4.78 is 36.8. The van der Waals surface area contributed by atoms with E-state index >= 15 is 0 Å². The smallest absolute Gasteiger partial charge is 0.744 e. The van der Waals surface area contributed by atoms with Crippen molar-refractivity contribution in [2.45, 2.75) is 4.90 Å². The summed E-state index contributed by atoms with van der Waals surface area (Å²) in [4.78, 5) is -0.204. The van der Waals surface area contributed by atoms with Crippen LogP contribution in [0, 0.1) is 0 Å². The fourth-order valence-corrected chi connectivity index (χ4v) is 4.86. The molecule has 0 aliphatic carbocycles. The van der Waals surface area contributed by atoms with Crippen molar-refractivity contribution in [2.75, 3.05) is 0 Å². The Hall–Kier alpha value is -2.47. The summed E-state index contributed by atoms with van der Waals surface area (Å²) in [6.07, 6.45) is 0. The summed E-state index contributed by atoms with van der Waals surface area (Å²) in [5.41, 5.74) is 2.79. The van der Waals surface area contributed by atoms with Gasteiger partial charge in [-0.15, -0.1) is 0 Å². The second-order valence-electron chi connectivity index (χ2n) is 7.19. The van der Waals surface area contributed by atoms with E-state index < -0.39 is 10.1 Å². The van der Waals surface area contributed by atoms with Crippen LogP contribution in [0.4, 0.5) is 0 Å². The minimum atomic E-state index is -4.68. The van der Waals surface area contributed by atoms with Gasteiger partial charge in [0.15, 0.2) is 0 Å². The summed E-state index contributed by atoms with van der Waals surface area (Å²) in [5, 5.41) is 3.94. The van der Waals surface area contributed by atoms with E-state index in [1.165, 1.54) is 6.07 Å². The Labute approximate surface area is 203 Å². The molecule has 146 valence electrons. The predicted molar refractivity (Wildman–Crippen MR) is 120 cm³/mol. The molecule has 0 aliphatic heterocycles. The summed E-state index contributed by atoms with van der Waals surface area (Å²) in [5.74, 6) is 0. The Kier molecular flexibility index (Phi) is 6.02. The fraction of sp³-hybridized carbons (Fsp3) is 0. The molecule has 0 unspecified atom stereocenters. The molecule has 3 nitrogen and oxygen atoms in total. The monoisotopic (exact) mass is 432 g/mol. The van der Waals surface area contributed by atoms with Crippen LogP contribution in [0.5, 0.6) is 0 Å². The normalized spacial score (nSPS) is 11.4. The van der Waals surface area contributed by atoms with Gasteiger partial charge in [0.25, 0.3) is 0 Å². The molecule has 0 amide bonds. The Balaban J connectivity index is 0.00000231. The van der Waals surface area contributed by atoms with Crippen molar-refractivity contribution in [2.24, 2.45) is 0 Å². The van der Waals surface area contributed by atoms with Gasteiger partial charge in [-0.05, 0) is 44.3 Å². The van der Waals surface area contributed by atoms with Crippen LogP contribution in [0.3, 0.4) is 0 Å². The molecule has 0 aliphatic rings. The third-order valence-corrected chi connectivity index (χ3v) is 6.31. The molecular formula is C26H17NaO3S. The van der Waals surface area contributed by atoms with Crippen molar-refractivity contribution < 1.29 is 42.5 Å². The number of hydrogen-bond donors (Lipinski definition) is 0. The first-order valence-electron chi connectivity index (χ1n) is 9.59. The molecule has 5 rings (SSSR count). The van der Waals surface area contributed by atoms with Gasteiger partial charge in [0.2, 0.25) is 0 Å². The van der Waals surface area contributed by atoms with Crippen molar-refractivity contribution in [3.8, 4) is 22.3 Å². The Morgan fingerprint density at radius 2 is 0.968 bits per heavy atom. The van der Waals surface area contributed by atoms with E-state index in [0.29, 0.717) is 5.56 Å². The second kappa shape index (κ2) is 8.58. The fourth-order valence-electron chi connectivity index (χ4n) is 4.15. The van der Waals surface area contributed by atoms with Gasteiger partial charge in [0.1, 0.15) is 10.1 Å². The molecule has 0 aromatic heterocycles. The van der Waals surface area contributed by atoms with Gasteiger partial charge < -0.3 is 4.55 Å². The van der Waals surface area contributed by atoms with Gasteiger partial charge in [-0.2, -0.15) is 0 Å². The first kappa shape index (κ1) is 21.8. The zero-order chi connectivity index (χ0) is 20.7. The Morgan fingerprint density at radius 1 is 0.516 bits per heavy atom. The van der Waals surface area contributed by atoms with E-state index in [1.54, 1.807) is 6.07 Å². The van der Waals surface area contributed by atoms with E-state index in [0.717, 1.165) is 38.2 Å². The van der Waals surface area contributed by atoms with E-state index in [9.17, 15) is 13.0 Å². The summed E-state index contributed by atoms with van der Waals surface area (Å²) in [6, 6.07) is 32.3. The molecule has 0 N–H and O–H groups in total. The summed E-state index contributed by atoms with van der Waals surface area (Å²) >= 11 is 0. The SMILES string of the molecule is O=S(=O)([O-])c1cccc(-c2cccc3ccccc23)c1-c1cccc2ccccc12.[Na+]. The molecule has 5 aromatic rings. The van der Waals surface area contributed by atoms with Gasteiger partial charge in [0, 0.05) is 5.56 Å². The van der Waals surface area contributed by atoms with Crippen molar-refractivity contribution in [3.63, 3.8) is 0 Å². The second-order valence-corrected chi connectivity index (χ2v) is 8.53. The molecule has 0 saturated carbocycles. The van der Waals surface area contributed by atoms with Gasteiger partial charge in [-0.1, -0.05) is 97.1 Å². The number of rotatable bonds is 3. The standard InChI is InChI=1S/C26H18O3S.Na/c27-30(28,29)25-17-7-16-24(22-14-5-10-18-8-1-3-12-20(18)22)26(25)23-15-6-11-19-9-2-4-13-21(19)23;/h1-17H,(H,27,28,29);/q;+1/p-1. The van der Waals surface area contributed by atoms with Crippen LogP contribution in [-0.2, 0) is 10.1 Å². The molecule has 0 fully saturated rings. The van der Waals surface area contributed by atoms with Crippen LogP contribution in [0.1, 0.15) is 0 Å². The van der Waals surface area contributed by atoms with Crippen LogP contribution in [0.25, 0.3) is 43.8 Å². The zero-order valence-electron chi connectivity index (χ0n) is 16.9. The van der Waals surface area contributed by atoms with E-state index in [4.69, 9.17) is 0 Å². The molecule has 0 radical (unpaired) electrons. The van der Waals surface area contributed by atoms with E-state index in [2.05, 4.69) is 0 Å². The van der Waals surface area contributed by atoms with Crippen LogP contribution in [-0.4, -0.2) is 13.0 Å². The maximum atomic E-state index is 12.3. The van der Waals surface area contributed by atoms with Crippen molar-refractivity contribution in [1.29, 1.82) is 0 Å². The van der Waals surface area contributed by atoms with Crippen molar-refractivity contribution in [3.05, 3.63) is 103 Å². The molecule has 0 heterocycles. The summed E-state index contributed by atoms with van der Waals surface area (Å²) in [6.45, 7) is 0. The maximum absolute atomic E-state index is 12.3. The number of benzene rings is 5. The third kappa shape index (κ3) is 3.93. The third-order valence-electron chi connectivity index (χ3n) is 5.43. The first-order valence-corrected chi connectivity index (χ1v) is 11.0. The molecule has 0 bridgehead atoms. The van der Waals surface area contributed by atoms with Gasteiger partial charge in [0.05, 0.1) is 4.90 Å². The molecule has 5 aromatic carbocycles. The van der Waals surface area contributed by atoms with Gasteiger partial charge in [-0.25, -0.2) is 8.42 Å². The Bertz CT molecular complexity index is 1510. The maximum Gasteiger partial charge on any atom is 1.00 e. The largest absolute Gasteiger partial charge is 1.00 e. The van der Waals surface area contributed by atoms with Crippen LogP contribution < -0.4 is 29.6 Å². The number of hydrogen-bond acceptors (Lipinski definition) is 3. The zero-order valence-corrected chi connectivity index (χ0v) is 19.8. The average Bonchev–Trinajstić information content (AvgIpc) is 2.77. The quantitative estimate of drug-likeness (QED) is 0.325. The molecular weight excluding hydrogens is 415 g/mol. The molecule has 0 spiro atoms. The minimum Gasteiger partial charge on any atom is -0.744 e. The molecule has 31 heavy (non-hydrogen) atoms. The van der Waals surface area contributed by atoms with Crippen molar-refractivity contribution in [1.82, 2.24) is 0 Å². The number of fused-ring (bicyclic) bond motifs is 2. The molecule has 5 heteroatoms. The topological polar surface area (TPSA) is 57.2 Å². The average molecular weight is 432 g/mol. The first-order chi connectivity index (χ1) is 14.5. The molecule has 0 atom stereocenters. The van der Waals surface area contributed by atoms with Crippen LogP contribution in [0.15, 0.2) is 108 Å². The van der Waals surface area contributed by atoms with Crippen LogP contribution >= 0.6 is 0 Å². The minimum absolute atomic E-state index is 0. The van der Waals surface area contributed by atoms with E-state index in [-0.39, 0.29) is 34.5 Å². The van der Waals surface area contributed by atoms with Gasteiger partial charge in [-0.3, -0.25) is 0 Å². The van der Waals surface area contributed by atoms with E-state index in [1.807, 2.05) is 91.0 Å². The Morgan fingerprint density at radius 3 is 1.58 bits per heavy atom. The predicted octanol–water partition coefficient (Wildman–Crippen LogP) is 3.24. The van der Waals surface area contributed by atoms with Crippen LogP contribution in [0.2, 0.25) is 0 Å². The summed E-state index contributed by atoms with van der Waals surface area (Å²) in [7, 11) is -4.68. The molecule has 0 saturated heterocycles.